The molecule has 24 heavy (non-hydrogen) atoms. The Kier molecular flexibility index (Phi) is 4.43. The third kappa shape index (κ3) is 3.35. The van der Waals surface area contributed by atoms with Gasteiger partial charge in [0.05, 0.1) is 0 Å². The van der Waals surface area contributed by atoms with Crippen LogP contribution in [0.2, 0.25) is 0 Å². The van der Waals surface area contributed by atoms with Gasteiger partial charge in [0.15, 0.2) is 0 Å². The SMILES string of the molecule is CN(C)c1ccc(C(c2ccc(N)cc2)c2ccc(N)cc2)cc1. The number of nitrogens with zero attached hydrogens (tertiary/aromatic N) is 1. The van der Waals surface area contributed by atoms with Crippen molar-refractivity contribution in [1.82, 2.24) is 0 Å². The van der Waals surface area contributed by atoms with Crippen LogP contribution >= 0.6 is 0 Å². The van der Waals surface area contributed by atoms with E-state index in [-0.39, 0.29) is 5.92 Å². The Labute approximate surface area is 143 Å². The highest BCUT2D eigenvalue weighted by Gasteiger charge is 2.16. The van der Waals surface area contributed by atoms with Crippen molar-refractivity contribution in [2.45, 2.75) is 5.92 Å². The van der Waals surface area contributed by atoms with Crippen molar-refractivity contribution in [3.63, 3.8) is 0 Å². The molecule has 0 saturated carbocycles. The minimum atomic E-state index is 0.155. The third-order valence-electron chi connectivity index (χ3n) is 4.28. The molecule has 0 spiro atoms. The Bertz CT molecular complexity index is 742. The molecule has 0 heterocycles. The van der Waals surface area contributed by atoms with Crippen molar-refractivity contribution in [2.75, 3.05) is 30.5 Å². The summed E-state index contributed by atoms with van der Waals surface area (Å²) in [7, 11) is 4.10. The van der Waals surface area contributed by atoms with Crippen molar-refractivity contribution < 1.29 is 0 Å². The van der Waals surface area contributed by atoms with Crippen LogP contribution in [0.1, 0.15) is 22.6 Å². The number of hydrogen-bond acceptors (Lipinski definition) is 3. The van der Waals surface area contributed by atoms with Crippen LogP contribution in [0.3, 0.4) is 0 Å². The molecule has 122 valence electrons. The lowest BCUT2D eigenvalue weighted by Crippen LogP contribution is -2.09. The standard InChI is InChI=1S/C21H23N3/c1-24(2)20-13-7-17(8-14-20)21(15-3-9-18(22)10-4-15)16-5-11-19(23)12-6-16/h3-14,21H,22-23H2,1-2H3. The molecule has 0 fully saturated rings. The maximum Gasteiger partial charge on any atom is 0.0361 e. The smallest absolute Gasteiger partial charge is 0.0361 e. The lowest BCUT2D eigenvalue weighted by atomic mass is 9.85. The van der Waals surface area contributed by atoms with Crippen LogP contribution in [0.5, 0.6) is 0 Å². The predicted octanol–water partition coefficient (Wildman–Crippen LogP) is 4.10. The molecule has 0 amide bonds. The van der Waals surface area contributed by atoms with E-state index < -0.39 is 0 Å². The molecule has 0 aromatic heterocycles. The van der Waals surface area contributed by atoms with Crippen LogP contribution < -0.4 is 16.4 Å². The quantitative estimate of drug-likeness (QED) is 0.563. The van der Waals surface area contributed by atoms with Crippen LogP contribution in [0.4, 0.5) is 17.1 Å². The largest absolute Gasteiger partial charge is 0.399 e. The average molecular weight is 317 g/mol. The summed E-state index contributed by atoms with van der Waals surface area (Å²) in [5.41, 5.74) is 18.1. The topological polar surface area (TPSA) is 55.3 Å². The molecule has 0 aliphatic carbocycles. The van der Waals surface area contributed by atoms with Gasteiger partial charge < -0.3 is 16.4 Å². The minimum absolute atomic E-state index is 0.155. The number of anilines is 3. The highest BCUT2D eigenvalue weighted by Crippen LogP contribution is 2.33. The Morgan fingerprint density at radius 2 is 0.917 bits per heavy atom. The molecule has 3 aromatic rings. The van der Waals surface area contributed by atoms with Crippen molar-refractivity contribution in [1.29, 1.82) is 0 Å². The first-order valence-corrected chi connectivity index (χ1v) is 8.03. The second kappa shape index (κ2) is 6.67. The van der Waals surface area contributed by atoms with Gasteiger partial charge in [0.25, 0.3) is 0 Å². The maximum absolute atomic E-state index is 5.86. The van der Waals surface area contributed by atoms with Crippen LogP contribution in [0.25, 0.3) is 0 Å². The maximum atomic E-state index is 5.86. The normalized spacial score (nSPS) is 10.8. The van der Waals surface area contributed by atoms with E-state index in [2.05, 4.69) is 53.4 Å². The molecule has 3 heteroatoms. The van der Waals surface area contributed by atoms with E-state index >= 15 is 0 Å². The van der Waals surface area contributed by atoms with Crippen molar-refractivity contribution in [2.24, 2.45) is 0 Å². The first kappa shape index (κ1) is 15.9. The minimum Gasteiger partial charge on any atom is -0.399 e. The van der Waals surface area contributed by atoms with E-state index in [1.165, 1.54) is 22.4 Å². The van der Waals surface area contributed by atoms with Gasteiger partial charge in [-0.1, -0.05) is 36.4 Å². The molecule has 0 bridgehead atoms. The Hall–Kier alpha value is -2.94. The van der Waals surface area contributed by atoms with Crippen LogP contribution in [-0.2, 0) is 0 Å². The second-order valence-electron chi connectivity index (χ2n) is 6.25. The molecule has 3 rings (SSSR count). The zero-order valence-electron chi connectivity index (χ0n) is 14.1. The van der Waals surface area contributed by atoms with E-state index in [1.807, 2.05) is 38.4 Å². The predicted molar refractivity (Wildman–Crippen MR) is 103 cm³/mol. The summed E-state index contributed by atoms with van der Waals surface area (Å²) in [5, 5.41) is 0. The van der Waals surface area contributed by atoms with Gasteiger partial charge in [-0.15, -0.1) is 0 Å². The summed E-state index contributed by atoms with van der Waals surface area (Å²) < 4.78 is 0. The van der Waals surface area contributed by atoms with E-state index in [4.69, 9.17) is 11.5 Å². The van der Waals surface area contributed by atoms with Crippen molar-refractivity contribution in [3.05, 3.63) is 89.5 Å². The molecule has 3 nitrogen and oxygen atoms in total. The molecule has 0 atom stereocenters. The summed E-state index contributed by atoms with van der Waals surface area (Å²) in [6.07, 6.45) is 0. The molecule has 4 N–H and O–H groups in total. The number of hydrogen-bond donors (Lipinski definition) is 2. The second-order valence-corrected chi connectivity index (χ2v) is 6.25. The Morgan fingerprint density at radius 3 is 1.25 bits per heavy atom. The fourth-order valence-corrected chi connectivity index (χ4v) is 2.92. The highest BCUT2D eigenvalue weighted by molar-refractivity contribution is 5.53. The van der Waals surface area contributed by atoms with Crippen molar-refractivity contribution >= 4 is 17.1 Å². The van der Waals surface area contributed by atoms with Crippen molar-refractivity contribution in [3.8, 4) is 0 Å². The molecule has 0 unspecified atom stereocenters. The van der Waals surface area contributed by atoms with Crippen LogP contribution in [-0.4, -0.2) is 14.1 Å². The van der Waals surface area contributed by atoms with Crippen LogP contribution in [0, 0.1) is 0 Å². The van der Waals surface area contributed by atoms with E-state index in [0.717, 1.165) is 11.4 Å². The zero-order valence-corrected chi connectivity index (χ0v) is 14.1. The summed E-state index contributed by atoms with van der Waals surface area (Å²) in [6.45, 7) is 0. The molecule has 0 saturated heterocycles. The Balaban J connectivity index is 2.07. The zero-order chi connectivity index (χ0) is 17.1. The molecular weight excluding hydrogens is 294 g/mol. The summed E-state index contributed by atoms with van der Waals surface area (Å²) >= 11 is 0. The van der Waals surface area contributed by atoms with Gasteiger partial charge >= 0.3 is 0 Å². The highest BCUT2D eigenvalue weighted by atomic mass is 15.1. The third-order valence-corrected chi connectivity index (χ3v) is 4.28. The molecule has 3 aromatic carbocycles. The van der Waals surface area contributed by atoms with E-state index in [9.17, 15) is 0 Å². The molecule has 0 aliphatic rings. The first-order chi connectivity index (χ1) is 11.5. The van der Waals surface area contributed by atoms with Crippen LogP contribution in [0.15, 0.2) is 72.8 Å². The fourth-order valence-electron chi connectivity index (χ4n) is 2.92. The molecule has 0 radical (unpaired) electrons. The summed E-state index contributed by atoms with van der Waals surface area (Å²) in [4.78, 5) is 2.10. The Morgan fingerprint density at radius 1 is 0.583 bits per heavy atom. The first-order valence-electron chi connectivity index (χ1n) is 8.03. The van der Waals surface area contributed by atoms with Gasteiger partial charge in [-0.25, -0.2) is 0 Å². The van der Waals surface area contributed by atoms with Gasteiger partial charge in [-0.2, -0.15) is 0 Å². The average Bonchev–Trinajstić information content (AvgIpc) is 2.59. The molecule has 0 aliphatic heterocycles. The van der Waals surface area contributed by atoms with Gasteiger partial charge in [0, 0.05) is 37.1 Å². The van der Waals surface area contributed by atoms with E-state index in [1.54, 1.807) is 0 Å². The monoisotopic (exact) mass is 317 g/mol. The fraction of sp³-hybridized carbons (Fsp3) is 0.143. The van der Waals surface area contributed by atoms with Gasteiger partial charge in [0.2, 0.25) is 0 Å². The lowest BCUT2D eigenvalue weighted by Gasteiger charge is -2.21. The number of nitrogen functional groups attached to an aromatic ring is 2. The lowest BCUT2D eigenvalue weighted by molar-refractivity contribution is 0.976. The number of nitrogens with two attached hydrogens (primary N) is 2. The van der Waals surface area contributed by atoms with E-state index in [0.29, 0.717) is 0 Å². The summed E-state index contributed by atoms with van der Waals surface area (Å²) in [6, 6.07) is 24.9. The van der Waals surface area contributed by atoms with Gasteiger partial charge in [-0.05, 0) is 53.1 Å². The van der Waals surface area contributed by atoms with Gasteiger partial charge in [0.1, 0.15) is 0 Å². The van der Waals surface area contributed by atoms with Gasteiger partial charge in [-0.3, -0.25) is 0 Å². The molecular formula is C21H23N3. The number of benzene rings is 3. The summed E-state index contributed by atoms with van der Waals surface area (Å²) in [5.74, 6) is 0.155. The number of rotatable bonds is 4.